The van der Waals surface area contributed by atoms with Gasteiger partial charge in [0.15, 0.2) is 0 Å². The van der Waals surface area contributed by atoms with Crippen LogP contribution >= 0.6 is 0 Å². The number of nitro benzene ring substituents is 1. The van der Waals surface area contributed by atoms with E-state index in [0.717, 1.165) is 12.1 Å². The van der Waals surface area contributed by atoms with E-state index in [1.54, 1.807) is 0 Å². The first kappa shape index (κ1) is 14.4. The van der Waals surface area contributed by atoms with Crippen LogP contribution in [0.4, 0.5) is 18.9 Å². The van der Waals surface area contributed by atoms with Crippen molar-refractivity contribution in [3.05, 3.63) is 39.4 Å². The third-order valence-corrected chi connectivity index (χ3v) is 2.77. The molecular formula is C11H12F3NO3. The van der Waals surface area contributed by atoms with Crippen LogP contribution in [0.1, 0.15) is 30.9 Å². The molecule has 1 aromatic rings. The molecule has 0 radical (unpaired) electrons. The number of rotatable bonds is 3. The third kappa shape index (κ3) is 2.98. The van der Waals surface area contributed by atoms with Gasteiger partial charge in [-0.2, -0.15) is 13.2 Å². The Morgan fingerprint density at radius 2 is 1.89 bits per heavy atom. The van der Waals surface area contributed by atoms with E-state index in [1.807, 2.05) is 0 Å². The second kappa shape index (κ2) is 4.93. The van der Waals surface area contributed by atoms with Crippen molar-refractivity contribution in [2.75, 3.05) is 0 Å². The van der Waals surface area contributed by atoms with Crippen LogP contribution in [0.2, 0.25) is 0 Å². The Morgan fingerprint density at radius 1 is 1.33 bits per heavy atom. The highest BCUT2D eigenvalue weighted by molar-refractivity contribution is 5.43. The van der Waals surface area contributed by atoms with Crippen LogP contribution < -0.4 is 0 Å². The first-order valence-corrected chi connectivity index (χ1v) is 5.18. The number of hydrogen-bond donors (Lipinski definition) is 1. The molecule has 1 aromatic carbocycles. The highest BCUT2D eigenvalue weighted by Gasteiger charge is 2.36. The van der Waals surface area contributed by atoms with Gasteiger partial charge in [-0.3, -0.25) is 10.1 Å². The maximum Gasteiger partial charge on any atom is 0.416 e. The van der Waals surface area contributed by atoms with Gasteiger partial charge in [0.2, 0.25) is 0 Å². The highest BCUT2D eigenvalue weighted by Crippen LogP contribution is 2.38. The molecule has 1 N–H and O–H groups in total. The minimum atomic E-state index is -4.69. The zero-order valence-electron chi connectivity index (χ0n) is 9.73. The average Bonchev–Trinajstić information content (AvgIpc) is 2.25. The summed E-state index contributed by atoms with van der Waals surface area (Å²) in [6, 6.07) is 2.54. The molecule has 0 saturated carbocycles. The smallest absolute Gasteiger partial charge is 0.393 e. The van der Waals surface area contributed by atoms with Gasteiger partial charge in [0.25, 0.3) is 5.69 Å². The predicted molar refractivity (Wildman–Crippen MR) is 58.2 cm³/mol. The van der Waals surface area contributed by atoms with Crippen molar-refractivity contribution in [2.24, 2.45) is 0 Å². The summed E-state index contributed by atoms with van der Waals surface area (Å²) < 4.78 is 38.4. The standard InChI is InChI=1S/C11H12F3NO3/c1-6(7(2)16)9-4-3-8(15(17)18)5-10(9)11(12,13)14/h3-7,16H,1-2H3. The molecule has 7 heteroatoms. The fraction of sp³-hybridized carbons (Fsp3) is 0.455. The van der Waals surface area contributed by atoms with Crippen LogP contribution in [0.15, 0.2) is 18.2 Å². The van der Waals surface area contributed by atoms with Crippen molar-refractivity contribution in [3.8, 4) is 0 Å². The molecule has 100 valence electrons. The lowest BCUT2D eigenvalue weighted by Crippen LogP contribution is -2.17. The first-order valence-electron chi connectivity index (χ1n) is 5.18. The molecule has 0 aliphatic rings. The molecule has 0 aliphatic heterocycles. The second-order valence-electron chi connectivity index (χ2n) is 4.06. The molecule has 2 atom stereocenters. The summed E-state index contributed by atoms with van der Waals surface area (Å²) >= 11 is 0. The summed E-state index contributed by atoms with van der Waals surface area (Å²) in [5, 5.41) is 19.8. The van der Waals surface area contributed by atoms with E-state index < -0.39 is 34.4 Å². The van der Waals surface area contributed by atoms with E-state index in [-0.39, 0.29) is 5.56 Å². The van der Waals surface area contributed by atoms with Crippen molar-refractivity contribution in [2.45, 2.75) is 32.0 Å². The van der Waals surface area contributed by atoms with E-state index in [4.69, 9.17) is 0 Å². The van der Waals surface area contributed by atoms with Crippen LogP contribution in [-0.4, -0.2) is 16.1 Å². The first-order chi connectivity index (χ1) is 8.14. The zero-order valence-corrected chi connectivity index (χ0v) is 9.73. The Labute approximate surface area is 101 Å². The van der Waals surface area contributed by atoms with Crippen LogP contribution in [0.3, 0.4) is 0 Å². The molecular weight excluding hydrogens is 251 g/mol. The molecule has 0 bridgehead atoms. The molecule has 1 rings (SSSR count). The zero-order chi connectivity index (χ0) is 14.1. The van der Waals surface area contributed by atoms with Gasteiger partial charge in [0.05, 0.1) is 16.6 Å². The Hall–Kier alpha value is -1.63. The molecule has 4 nitrogen and oxygen atoms in total. The van der Waals surface area contributed by atoms with Crippen LogP contribution in [0, 0.1) is 10.1 Å². The van der Waals surface area contributed by atoms with Gasteiger partial charge < -0.3 is 5.11 Å². The highest BCUT2D eigenvalue weighted by atomic mass is 19.4. The largest absolute Gasteiger partial charge is 0.416 e. The van der Waals surface area contributed by atoms with Crippen molar-refractivity contribution >= 4 is 5.69 Å². The fourth-order valence-corrected chi connectivity index (χ4v) is 1.56. The summed E-state index contributed by atoms with van der Waals surface area (Å²) in [6.07, 6.45) is -5.67. The van der Waals surface area contributed by atoms with E-state index >= 15 is 0 Å². The molecule has 0 aromatic heterocycles. The number of aliphatic hydroxyl groups is 1. The van der Waals surface area contributed by atoms with E-state index in [1.165, 1.54) is 13.8 Å². The minimum absolute atomic E-state index is 0.150. The fourth-order valence-electron chi connectivity index (χ4n) is 1.56. The van der Waals surface area contributed by atoms with Gasteiger partial charge in [0, 0.05) is 18.1 Å². The molecule has 0 fully saturated rings. The average molecular weight is 263 g/mol. The Balaban J connectivity index is 3.39. The lowest BCUT2D eigenvalue weighted by molar-refractivity contribution is -0.385. The Morgan fingerprint density at radius 3 is 2.28 bits per heavy atom. The quantitative estimate of drug-likeness (QED) is 0.673. The monoisotopic (exact) mass is 263 g/mol. The number of hydrogen-bond acceptors (Lipinski definition) is 3. The number of alkyl halides is 3. The Kier molecular flexibility index (Phi) is 3.95. The topological polar surface area (TPSA) is 63.4 Å². The number of halogens is 3. The normalized spacial score (nSPS) is 15.2. The molecule has 18 heavy (non-hydrogen) atoms. The maximum atomic E-state index is 12.8. The molecule has 0 spiro atoms. The summed E-state index contributed by atoms with van der Waals surface area (Å²) in [6.45, 7) is 2.80. The van der Waals surface area contributed by atoms with E-state index in [9.17, 15) is 28.4 Å². The molecule has 2 unspecified atom stereocenters. The van der Waals surface area contributed by atoms with Gasteiger partial charge in [-0.1, -0.05) is 13.0 Å². The van der Waals surface area contributed by atoms with Crippen LogP contribution in [-0.2, 0) is 6.18 Å². The number of nitro groups is 1. The number of benzene rings is 1. The van der Waals surface area contributed by atoms with Gasteiger partial charge >= 0.3 is 6.18 Å². The molecule has 0 amide bonds. The Bertz CT molecular complexity index is 457. The molecule has 0 aliphatic carbocycles. The SMILES string of the molecule is CC(O)C(C)c1ccc([N+](=O)[O-])cc1C(F)(F)F. The number of aliphatic hydroxyl groups excluding tert-OH is 1. The van der Waals surface area contributed by atoms with Gasteiger partial charge in [-0.15, -0.1) is 0 Å². The van der Waals surface area contributed by atoms with Crippen LogP contribution in [0.5, 0.6) is 0 Å². The lowest BCUT2D eigenvalue weighted by Gasteiger charge is -2.20. The number of non-ortho nitro benzene ring substituents is 1. The predicted octanol–water partition coefficient (Wildman–Crippen LogP) is 3.10. The van der Waals surface area contributed by atoms with E-state index in [0.29, 0.717) is 6.07 Å². The summed E-state index contributed by atoms with van der Waals surface area (Å²) in [7, 11) is 0. The lowest BCUT2D eigenvalue weighted by atomic mass is 9.91. The minimum Gasteiger partial charge on any atom is -0.393 e. The summed E-state index contributed by atoms with van der Waals surface area (Å²) in [5.74, 6) is -0.762. The second-order valence-corrected chi connectivity index (χ2v) is 4.06. The van der Waals surface area contributed by atoms with Crippen molar-refractivity contribution in [1.82, 2.24) is 0 Å². The van der Waals surface area contributed by atoms with Crippen LogP contribution in [0.25, 0.3) is 0 Å². The summed E-state index contributed by atoms with van der Waals surface area (Å²) in [4.78, 5) is 9.60. The summed E-state index contributed by atoms with van der Waals surface area (Å²) in [5.41, 5.74) is -1.85. The molecule has 0 saturated heterocycles. The van der Waals surface area contributed by atoms with Crippen molar-refractivity contribution in [3.63, 3.8) is 0 Å². The van der Waals surface area contributed by atoms with Gasteiger partial charge in [-0.25, -0.2) is 0 Å². The van der Waals surface area contributed by atoms with Gasteiger partial charge in [-0.05, 0) is 12.5 Å². The van der Waals surface area contributed by atoms with Gasteiger partial charge in [0.1, 0.15) is 0 Å². The van der Waals surface area contributed by atoms with Crippen molar-refractivity contribution < 1.29 is 23.2 Å². The molecule has 0 heterocycles. The van der Waals surface area contributed by atoms with Crippen molar-refractivity contribution in [1.29, 1.82) is 0 Å². The van der Waals surface area contributed by atoms with E-state index in [2.05, 4.69) is 0 Å². The maximum absolute atomic E-state index is 12.8. The number of nitrogens with zero attached hydrogens (tertiary/aromatic N) is 1. The third-order valence-electron chi connectivity index (χ3n) is 2.77.